The first-order valence-electron chi connectivity index (χ1n) is 4.22. The summed E-state index contributed by atoms with van der Waals surface area (Å²) in [4.78, 5) is 7.87. The van der Waals surface area contributed by atoms with Crippen LogP contribution in [0.1, 0.15) is 13.3 Å². The van der Waals surface area contributed by atoms with Crippen LogP contribution in [0.5, 0.6) is 0 Å². The number of halogens is 2. The predicted octanol–water partition coefficient (Wildman–Crippen LogP) is 3.27. The van der Waals surface area contributed by atoms with E-state index in [4.69, 9.17) is 11.6 Å². The van der Waals surface area contributed by atoms with E-state index >= 15 is 0 Å². The van der Waals surface area contributed by atoms with E-state index < -0.39 is 0 Å². The van der Waals surface area contributed by atoms with Crippen molar-refractivity contribution < 1.29 is 0 Å². The Morgan fingerprint density at radius 2 is 2.43 bits per heavy atom. The van der Waals surface area contributed by atoms with Crippen LogP contribution in [0.2, 0.25) is 5.28 Å². The van der Waals surface area contributed by atoms with Gasteiger partial charge in [-0.2, -0.15) is 4.98 Å². The summed E-state index contributed by atoms with van der Waals surface area (Å²) in [6.45, 7) is 6.64. The summed E-state index contributed by atoms with van der Waals surface area (Å²) in [6, 6.07) is 0. The molecule has 1 heterocycles. The van der Waals surface area contributed by atoms with E-state index in [1.807, 2.05) is 0 Å². The predicted molar refractivity (Wildman–Crippen MR) is 62.7 cm³/mol. The molecule has 0 saturated carbocycles. The van der Waals surface area contributed by atoms with Gasteiger partial charge in [-0.05, 0) is 34.0 Å². The lowest BCUT2D eigenvalue weighted by Gasteiger charge is -2.07. The summed E-state index contributed by atoms with van der Waals surface area (Å²) in [6.07, 6.45) is 2.57. The van der Waals surface area contributed by atoms with Gasteiger partial charge in [-0.3, -0.25) is 0 Å². The van der Waals surface area contributed by atoms with Crippen LogP contribution in [0.3, 0.4) is 0 Å². The van der Waals surface area contributed by atoms with E-state index in [0.29, 0.717) is 12.4 Å². The highest BCUT2D eigenvalue weighted by Gasteiger charge is 2.02. The first-order chi connectivity index (χ1) is 6.63. The molecule has 0 aliphatic heterocycles. The fraction of sp³-hybridized carbons (Fsp3) is 0.333. The Hall–Kier alpha value is -0.610. The Bertz CT molecular complexity index is 341. The van der Waals surface area contributed by atoms with Crippen LogP contribution in [-0.2, 0) is 0 Å². The van der Waals surface area contributed by atoms with Gasteiger partial charge in [-0.1, -0.05) is 19.1 Å². The zero-order valence-corrected chi connectivity index (χ0v) is 10.2. The van der Waals surface area contributed by atoms with Gasteiger partial charge in [-0.25, -0.2) is 4.98 Å². The van der Waals surface area contributed by atoms with Crippen molar-refractivity contribution in [3.63, 3.8) is 0 Å². The number of hydrogen-bond acceptors (Lipinski definition) is 3. The molecule has 0 unspecified atom stereocenters. The fourth-order valence-electron chi connectivity index (χ4n) is 0.803. The molecule has 3 nitrogen and oxygen atoms in total. The second kappa shape index (κ2) is 5.32. The van der Waals surface area contributed by atoms with Crippen LogP contribution in [0.15, 0.2) is 22.8 Å². The lowest BCUT2D eigenvalue weighted by atomic mass is 10.2. The lowest BCUT2D eigenvalue weighted by Crippen LogP contribution is -2.06. The molecular weight excluding hydrogens is 265 g/mol. The van der Waals surface area contributed by atoms with Gasteiger partial charge in [-0.15, -0.1) is 0 Å². The maximum atomic E-state index is 5.66. The third-order valence-corrected chi connectivity index (χ3v) is 2.48. The van der Waals surface area contributed by atoms with Crippen molar-refractivity contribution in [1.82, 2.24) is 9.97 Å². The Balaban J connectivity index is 2.66. The smallest absolute Gasteiger partial charge is 0.224 e. The summed E-state index contributed by atoms with van der Waals surface area (Å²) in [5, 5.41) is 3.36. The van der Waals surface area contributed by atoms with E-state index in [1.54, 1.807) is 6.20 Å². The van der Waals surface area contributed by atoms with E-state index in [1.165, 1.54) is 0 Å². The molecule has 0 fully saturated rings. The second-order valence-electron chi connectivity index (χ2n) is 2.79. The van der Waals surface area contributed by atoms with Crippen molar-refractivity contribution in [1.29, 1.82) is 0 Å². The number of rotatable bonds is 4. The van der Waals surface area contributed by atoms with Crippen molar-refractivity contribution in [2.24, 2.45) is 0 Å². The molecule has 1 aromatic rings. The van der Waals surface area contributed by atoms with Gasteiger partial charge >= 0.3 is 0 Å². The van der Waals surface area contributed by atoms with Crippen molar-refractivity contribution in [3.8, 4) is 0 Å². The van der Waals surface area contributed by atoms with Gasteiger partial charge in [0.2, 0.25) is 5.28 Å². The first-order valence-corrected chi connectivity index (χ1v) is 5.39. The highest BCUT2D eigenvalue weighted by atomic mass is 79.9. The van der Waals surface area contributed by atoms with Crippen molar-refractivity contribution >= 4 is 33.3 Å². The van der Waals surface area contributed by atoms with Gasteiger partial charge in [0.15, 0.2) is 0 Å². The first kappa shape index (κ1) is 11.5. The van der Waals surface area contributed by atoms with Crippen molar-refractivity contribution in [3.05, 3.63) is 28.1 Å². The van der Waals surface area contributed by atoms with Crippen LogP contribution < -0.4 is 5.32 Å². The molecular formula is C9H11BrClN3. The number of anilines is 1. The van der Waals surface area contributed by atoms with Gasteiger partial charge in [0.25, 0.3) is 0 Å². The molecule has 1 N–H and O–H groups in total. The van der Waals surface area contributed by atoms with E-state index in [0.717, 1.165) is 16.5 Å². The number of aromatic nitrogens is 2. The van der Waals surface area contributed by atoms with Gasteiger partial charge in [0, 0.05) is 12.7 Å². The molecule has 0 amide bonds. The third-order valence-electron chi connectivity index (χ3n) is 1.72. The molecule has 0 spiro atoms. The molecule has 0 radical (unpaired) electrons. The quantitative estimate of drug-likeness (QED) is 0.677. The minimum absolute atomic E-state index is 0.234. The molecule has 0 saturated heterocycles. The van der Waals surface area contributed by atoms with Gasteiger partial charge in [0.05, 0.1) is 4.47 Å². The SMILES string of the molecule is C=C(CC)CNc1nc(Cl)ncc1Br. The van der Waals surface area contributed by atoms with E-state index in [9.17, 15) is 0 Å². The number of nitrogens with one attached hydrogen (secondary N) is 1. The highest BCUT2D eigenvalue weighted by Crippen LogP contribution is 2.20. The zero-order valence-electron chi connectivity index (χ0n) is 7.85. The molecule has 76 valence electrons. The van der Waals surface area contributed by atoms with E-state index in [-0.39, 0.29) is 5.28 Å². The molecule has 0 atom stereocenters. The van der Waals surface area contributed by atoms with Crippen molar-refractivity contribution in [2.75, 3.05) is 11.9 Å². The summed E-state index contributed by atoms with van der Waals surface area (Å²) >= 11 is 8.99. The fourth-order valence-corrected chi connectivity index (χ4v) is 1.27. The minimum atomic E-state index is 0.234. The van der Waals surface area contributed by atoms with Gasteiger partial charge in [0.1, 0.15) is 5.82 Å². The average Bonchev–Trinajstić information content (AvgIpc) is 2.19. The molecule has 0 aromatic carbocycles. The third kappa shape index (κ3) is 3.27. The van der Waals surface area contributed by atoms with Crippen LogP contribution in [0, 0.1) is 0 Å². The Morgan fingerprint density at radius 3 is 3.07 bits per heavy atom. The normalized spacial score (nSPS) is 9.93. The maximum absolute atomic E-state index is 5.66. The van der Waals surface area contributed by atoms with Crippen LogP contribution in [-0.4, -0.2) is 16.5 Å². The summed E-state index contributed by atoms with van der Waals surface area (Å²) in [5.74, 6) is 0.694. The monoisotopic (exact) mass is 275 g/mol. The topological polar surface area (TPSA) is 37.8 Å². The van der Waals surface area contributed by atoms with Crippen LogP contribution in [0.25, 0.3) is 0 Å². The summed E-state index contributed by atoms with van der Waals surface area (Å²) in [5.41, 5.74) is 1.12. The Kier molecular flexibility index (Phi) is 4.35. The highest BCUT2D eigenvalue weighted by molar-refractivity contribution is 9.10. The molecule has 1 aromatic heterocycles. The molecule has 1 rings (SSSR count). The maximum Gasteiger partial charge on any atom is 0.224 e. The second-order valence-corrected chi connectivity index (χ2v) is 3.99. The largest absolute Gasteiger partial charge is 0.365 e. The number of nitrogens with zero attached hydrogens (tertiary/aromatic N) is 2. The summed E-state index contributed by atoms with van der Waals surface area (Å²) in [7, 11) is 0. The van der Waals surface area contributed by atoms with Crippen LogP contribution >= 0.6 is 27.5 Å². The minimum Gasteiger partial charge on any atom is -0.365 e. The zero-order chi connectivity index (χ0) is 10.6. The molecule has 0 aliphatic rings. The lowest BCUT2D eigenvalue weighted by molar-refractivity contribution is 1.03. The van der Waals surface area contributed by atoms with Crippen LogP contribution in [0.4, 0.5) is 5.82 Å². The molecule has 0 aliphatic carbocycles. The Labute approximate surface area is 96.7 Å². The summed E-state index contributed by atoms with van der Waals surface area (Å²) < 4.78 is 0.797. The van der Waals surface area contributed by atoms with Crippen molar-refractivity contribution in [2.45, 2.75) is 13.3 Å². The van der Waals surface area contributed by atoms with Gasteiger partial charge < -0.3 is 5.32 Å². The van der Waals surface area contributed by atoms with E-state index in [2.05, 4.69) is 44.7 Å². The Morgan fingerprint density at radius 1 is 1.71 bits per heavy atom. The molecule has 14 heavy (non-hydrogen) atoms. The standard InChI is InChI=1S/C9H11BrClN3/c1-3-6(2)4-12-8-7(10)5-13-9(11)14-8/h5H,2-4H2,1H3,(H,12,13,14). The molecule has 5 heteroatoms. The number of hydrogen-bond donors (Lipinski definition) is 1. The molecule has 0 bridgehead atoms. The average molecular weight is 277 g/mol.